The second-order valence-electron chi connectivity index (χ2n) is 6.27. The summed E-state index contributed by atoms with van der Waals surface area (Å²) < 4.78 is 15.2. The number of nitrogens with two attached hydrogens (primary N) is 1. The monoisotopic (exact) mass is 407 g/mol. The van der Waals surface area contributed by atoms with E-state index in [0.717, 1.165) is 11.3 Å². The summed E-state index contributed by atoms with van der Waals surface area (Å²) >= 11 is 1.49. The molecule has 1 fully saturated rings. The number of amides is 1. The first-order valence-corrected chi connectivity index (χ1v) is 9.30. The van der Waals surface area contributed by atoms with Crippen molar-refractivity contribution in [1.82, 2.24) is 19.7 Å². The summed E-state index contributed by atoms with van der Waals surface area (Å²) in [4.78, 5) is 19.9. The topological polar surface area (TPSA) is 77.0 Å². The zero-order valence-corrected chi connectivity index (χ0v) is 16.0. The highest BCUT2D eigenvalue weighted by atomic mass is 35.5. The number of carbonyl (C=O) groups is 1. The highest BCUT2D eigenvalue weighted by Gasteiger charge is 2.29. The molecule has 2 aromatic heterocycles. The van der Waals surface area contributed by atoms with Gasteiger partial charge in [-0.05, 0) is 48.5 Å². The van der Waals surface area contributed by atoms with E-state index in [9.17, 15) is 9.18 Å². The number of thiophene rings is 1. The van der Waals surface area contributed by atoms with Gasteiger partial charge in [-0.2, -0.15) is 0 Å². The van der Waals surface area contributed by atoms with Crippen LogP contribution in [0.5, 0.6) is 0 Å². The van der Waals surface area contributed by atoms with E-state index < -0.39 is 0 Å². The molecule has 0 saturated carbocycles. The minimum atomic E-state index is -0.367. The SMILES string of the molecule is Cl.NCC1CCN(C(=O)c2nc(-c3cccs3)n(-c3cccc(F)c3)n2)C1. The Morgan fingerprint density at radius 2 is 2.19 bits per heavy atom. The highest BCUT2D eigenvalue weighted by Crippen LogP contribution is 2.26. The van der Waals surface area contributed by atoms with Gasteiger partial charge in [0.05, 0.1) is 10.6 Å². The molecule has 1 aromatic carbocycles. The molecule has 6 nitrogen and oxygen atoms in total. The molecule has 0 spiro atoms. The second kappa shape index (κ2) is 8.16. The number of rotatable bonds is 4. The lowest BCUT2D eigenvalue weighted by Gasteiger charge is -2.13. The van der Waals surface area contributed by atoms with Gasteiger partial charge in [-0.15, -0.1) is 28.8 Å². The Kier molecular flexibility index (Phi) is 5.88. The van der Waals surface area contributed by atoms with Gasteiger partial charge in [0.2, 0.25) is 5.82 Å². The average Bonchev–Trinajstić information content (AvgIpc) is 3.40. The number of likely N-dealkylation sites (tertiary alicyclic amines) is 1. The normalized spacial score (nSPS) is 16.4. The number of carbonyl (C=O) groups excluding carboxylic acids is 1. The fourth-order valence-corrected chi connectivity index (χ4v) is 3.81. The van der Waals surface area contributed by atoms with Gasteiger partial charge in [0, 0.05) is 13.1 Å². The summed E-state index contributed by atoms with van der Waals surface area (Å²) in [5, 5.41) is 6.32. The molecule has 3 heterocycles. The number of nitrogens with zero attached hydrogens (tertiary/aromatic N) is 4. The molecular weight excluding hydrogens is 389 g/mol. The Bertz CT molecular complexity index is 930. The third-order valence-electron chi connectivity index (χ3n) is 4.50. The third-order valence-corrected chi connectivity index (χ3v) is 5.36. The van der Waals surface area contributed by atoms with Crippen LogP contribution in [0.15, 0.2) is 41.8 Å². The Labute approximate surface area is 166 Å². The molecule has 0 aliphatic carbocycles. The van der Waals surface area contributed by atoms with E-state index in [1.807, 2.05) is 17.5 Å². The molecule has 3 aromatic rings. The molecule has 27 heavy (non-hydrogen) atoms. The third kappa shape index (κ3) is 3.87. The van der Waals surface area contributed by atoms with Gasteiger partial charge in [-0.1, -0.05) is 12.1 Å². The molecule has 142 valence electrons. The van der Waals surface area contributed by atoms with E-state index in [1.165, 1.54) is 28.2 Å². The molecule has 1 aliphatic rings. The van der Waals surface area contributed by atoms with Crippen molar-refractivity contribution in [1.29, 1.82) is 0 Å². The van der Waals surface area contributed by atoms with Gasteiger partial charge < -0.3 is 10.6 Å². The van der Waals surface area contributed by atoms with Gasteiger partial charge in [-0.3, -0.25) is 4.79 Å². The number of aromatic nitrogens is 3. The minimum Gasteiger partial charge on any atom is -0.336 e. The van der Waals surface area contributed by atoms with Crippen molar-refractivity contribution in [2.45, 2.75) is 6.42 Å². The summed E-state index contributed by atoms with van der Waals surface area (Å²) in [7, 11) is 0. The zero-order chi connectivity index (χ0) is 18.1. The quantitative estimate of drug-likeness (QED) is 0.721. The van der Waals surface area contributed by atoms with Crippen LogP contribution in [0.25, 0.3) is 16.4 Å². The van der Waals surface area contributed by atoms with Crippen LogP contribution in [0.2, 0.25) is 0 Å². The van der Waals surface area contributed by atoms with Crippen LogP contribution in [0.3, 0.4) is 0 Å². The Hall–Kier alpha value is -2.29. The Morgan fingerprint density at radius 3 is 2.85 bits per heavy atom. The molecule has 1 atom stereocenters. The Balaban J connectivity index is 0.00000210. The second-order valence-corrected chi connectivity index (χ2v) is 7.22. The zero-order valence-electron chi connectivity index (χ0n) is 14.4. The fraction of sp³-hybridized carbons (Fsp3) is 0.278. The van der Waals surface area contributed by atoms with Crippen LogP contribution in [-0.2, 0) is 0 Å². The molecule has 9 heteroatoms. The largest absolute Gasteiger partial charge is 0.336 e. The first-order valence-electron chi connectivity index (χ1n) is 8.42. The summed E-state index contributed by atoms with van der Waals surface area (Å²) in [5.74, 6) is 0.391. The van der Waals surface area contributed by atoms with Crippen molar-refractivity contribution in [3.05, 3.63) is 53.4 Å². The fourth-order valence-electron chi connectivity index (χ4n) is 3.11. The predicted octanol–water partition coefficient (Wildman–Crippen LogP) is 2.98. The lowest BCUT2D eigenvalue weighted by atomic mass is 10.1. The smallest absolute Gasteiger partial charge is 0.293 e. The van der Waals surface area contributed by atoms with E-state index >= 15 is 0 Å². The van der Waals surface area contributed by atoms with E-state index in [4.69, 9.17) is 5.73 Å². The molecule has 1 unspecified atom stereocenters. The van der Waals surface area contributed by atoms with Gasteiger partial charge in [0.1, 0.15) is 5.82 Å². The maximum atomic E-state index is 13.7. The standard InChI is InChI=1S/C18H18FN5OS.ClH/c19-13-3-1-4-14(9-13)24-17(15-5-2-8-26-15)21-16(22-24)18(25)23-7-6-12(10-20)11-23;/h1-5,8-9,12H,6-7,10-11,20H2;1H. The molecular formula is C18H19ClFN5OS. The van der Waals surface area contributed by atoms with E-state index in [1.54, 1.807) is 17.0 Å². The summed E-state index contributed by atoms with van der Waals surface area (Å²) in [6, 6.07) is 9.90. The van der Waals surface area contributed by atoms with Gasteiger partial charge in [0.15, 0.2) is 5.82 Å². The maximum absolute atomic E-state index is 13.7. The van der Waals surface area contributed by atoms with Gasteiger partial charge >= 0.3 is 0 Å². The van der Waals surface area contributed by atoms with Crippen LogP contribution in [-0.4, -0.2) is 45.2 Å². The van der Waals surface area contributed by atoms with Gasteiger partial charge in [-0.25, -0.2) is 14.1 Å². The van der Waals surface area contributed by atoms with Crippen molar-refractivity contribution in [3.8, 4) is 16.4 Å². The summed E-state index contributed by atoms with van der Waals surface area (Å²) in [5.41, 5.74) is 6.24. The summed E-state index contributed by atoms with van der Waals surface area (Å²) in [6.45, 7) is 1.84. The molecule has 4 rings (SSSR count). The van der Waals surface area contributed by atoms with Crippen molar-refractivity contribution in [2.24, 2.45) is 11.7 Å². The number of halogens is 2. The molecule has 1 amide bonds. The molecule has 1 aliphatic heterocycles. The van der Waals surface area contributed by atoms with Crippen LogP contribution in [0, 0.1) is 11.7 Å². The van der Waals surface area contributed by atoms with Crippen molar-refractivity contribution < 1.29 is 9.18 Å². The Morgan fingerprint density at radius 1 is 1.33 bits per heavy atom. The first kappa shape index (κ1) is 19.5. The molecule has 1 saturated heterocycles. The summed E-state index contributed by atoms with van der Waals surface area (Å²) in [6.07, 6.45) is 0.893. The number of hydrogen-bond acceptors (Lipinski definition) is 5. The van der Waals surface area contributed by atoms with E-state index in [-0.39, 0.29) is 30.0 Å². The molecule has 0 radical (unpaired) electrons. The van der Waals surface area contributed by atoms with Crippen molar-refractivity contribution in [2.75, 3.05) is 19.6 Å². The van der Waals surface area contributed by atoms with Gasteiger partial charge in [0.25, 0.3) is 5.91 Å². The van der Waals surface area contributed by atoms with E-state index in [2.05, 4.69) is 10.1 Å². The minimum absolute atomic E-state index is 0. The number of benzene rings is 1. The highest BCUT2D eigenvalue weighted by molar-refractivity contribution is 7.13. The van der Waals surface area contributed by atoms with Crippen molar-refractivity contribution >= 4 is 29.7 Å². The lowest BCUT2D eigenvalue weighted by Crippen LogP contribution is -2.30. The molecule has 0 bridgehead atoms. The average molecular weight is 408 g/mol. The lowest BCUT2D eigenvalue weighted by molar-refractivity contribution is 0.0775. The van der Waals surface area contributed by atoms with E-state index in [0.29, 0.717) is 37.1 Å². The maximum Gasteiger partial charge on any atom is 0.293 e. The van der Waals surface area contributed by atoms with Crippen LogP contribution >= 0.6 is 23.7 Å². The predicted molar refractivity (Wildman–Crippen MR) is 105 cm³/mol. The van der Waals surface area contributed by atoms with Crippen LogP contribution in [0.1, 0.15) is 17.0 Å². The van der Waals surface area contributed by atoms with Crippen molar-refractivity contribution in [3.63, 3.8) is 0 Å². The number of hydrogen-bond donors (Lipinski definition) is 1. The molecule has 2 N–H and O–H groups in total. The van der Waals surface area contributed by atoms with Crippen LogP contribution in [0.4, 0.5) is 4.39 Å². The van der Waals surface area contributed by atoms with Crippen LogP contribution < -0.4 is 5.73 Å². The first-order chi connectivity index (χ1) is 12.7.